The van der Waals surface area contributed by atoms with E-state index in [1.807, 2.05) is 30.3 Å². The van der Waals surface area contributed by atoms with Crippen LogP contribution in [0, 0.1) is 6.92 Å². The molecule has 2 aromatic carbocycles. The van der Waals surface area contributed by atoms with Gasteiger partial charge in [-0.3, -0.25) is 10.1 Å². The van der Waals surface area contributed by atoms with Crippen molar-refractivity contribution in [1.29, 1.82) is 0 Å². The summed E-state index contributed by atoms with van der Waals surface area (Å²) in [6.07, 6.45) is 0. The molecule has 1 amide bonds. The Hall–Kier alpha value is -2.96. The van der Waals surface area contributed by atoms with E-state index < -0.39 is 6.04 Å². The van der Waals surface area contributed by atoms with Crippen LogP contribution in [0.4, 0.5) is 5.82 Å². The molecule has 27 heavy (non-hydrogen) atoms. The van der Waals surface area contributed by atoms with Crippen LogP contribution in [0.15, 0.2) is 59.1 Å². The van der Waals surface area contributed by atoms with Gasteiger partial charge in [-0.2, -0.15) is 0 Å². The minimum Gasteiger partial charge on any atom is -0.372 e. The second kappa shape index (κ2) is 7.73. The van der Waals surface area contributed by atoms with Crippen LogP contribution in [0.3, 0.4) is 0 Å². The molecular weight excluding hydrogens is 342 g/mol. The summed E-state index contributed by atoms with van der Waals surface area (Å²) in [5.74, 6) is 0.879. The molecule has 1 aliphatic heterocycles. The predicted molar refractivity (Wildman–Crippen MR) is 101 cm³/mol. The number of benzene rings is 2. The van der Waals surface area contributed by atoms with Crippen LogP contribution in [0.5, 0.6) is 0 Å². The van der Waals surface area contributed by atoms with Crippen molar-refractivity contribution < 1.29 is 14.1 Å². The highest BCUT2D eigenvalue weighted by Gasteiger charge is 2.21. The molecule has 0 saturated heterocycles. The zero-order chi connectivity index (χ0) is 18.6. The molecule has 0 spiro atoms. The van der Waals surface area contributed by atoms with E-state index in [2.05, 4.69) is 34.0 Å². The zero-order valence-electron chi connectivity index (χ0n) is 15.1. The van der Waals surface area contributed by atoms with Crippen molar-refractivity contribution in [1.82, 2.24) is 10.5 Å². The van der Waals surface area contributed by atoms with Gasteiger partial charge in [-0.25, -0.2) is 0 Å². The summed E-state index contributed by atoms with van der Waals surface area (Å²) in [5.41, 5.74) is 4.45. The smallest absolute Gasteiger partial charge is 0.247 e. The van der Waals surface area contributed by atoms with E-state index in [0.29, 0.717) is 31.3 Å². The maximum atomic E-state index is 12.9. The number of carbonyl (C=O) groups is 1. The molecule has 6 heteroatoms. The lowest BCUT2D eigenvalue weighted by Crippen LogP contribution is -2.32. The SMILES string of the molecule is Cc1cc(NC(=O)C(NCc2ccc3c(c2)COC3)c2ccccc2)no1. The number of nitrogens with zero attached hydrogens (tertiary/aromatic N) is 1. The number of hydrogen-bond acceptors (Lipinski definition) is 5. The van der Waals surface area contributed by atoms with Gasteiger partial charge in [-0.15, -0.1) is 0 Å². The first-order chi connectivity index (χ1) is 13.2. The number of aromatic nitrogens is 1. The van der Waals surface area contributed by atoms with E-state index in [9.17, 15) is 4.79 Å². The summed E-state index contributed by atoms with van der Waals surface area (Å²) in [7, 11) is 0. The van der Waals surface area contributed by atoms with Crippen LogP contribution in [0.1, 0.15) is 34.1 Å². The van der Waals surface area contributed by atoms with Gasteiger partial charge < -0.3 is 14.6 Å². The normalized spacial score (nSPS) is 14.0. The fourth-order valence-electron chi connectivity index (χ4n) is 3.19. The molecule has 3 aromatic rings. The molecule has 1 atom stereocenters. The molecule has 1 unspecified atom stereocenters. The van der Waals surface area contributed by atoms with Crippen molar-refractivity contribution in [3.8, 4) is 0 Å². The highest BCUT2D eigenvalue weighted by molar-refractivity contribution is 5.94. The Morgan fingerprint density at radius 3 is 2.70 bits per heavy atom. The number of anilines is 1. The highest BCUT2D eigenvalue weighted by atomic mass is 16.5. The van der Waals surface area contributed by atoms with Crippen molar-refractivity contribution in [3.05, 3.63) is 82.6 Å². The molecule has 4 rings (SSSR count). The third-order valence-corrected chi connectivity index (χ3v) is 4.57. The Morgan fingerprint density at radius 2 is 1.93 bits per heavy atom. The van der Waals surface area contributed by atoms with Gasteiger partial charge in [0.25, 0.3) is 0 Å². The molecule has 1 aromatic heterocycles. The molecule has 0 saturated carbocycles. The zero-order valence-corrected chi connectivity index (χ0v) is 15.1. The van der Waals surface area contributed by atoms with Gasteiger partial charge in [0.2, 0.25) is 5.91 Å². The Kier molecular flexibility index (Phi) is 5.00. The minimum atomic E-state index is -0.507. The van der Waals surface area contributed by atoms with Crippen molar-refractivity contribution >= 4 is 11.7 Å². The molecule has 2 N–H and O–H groups in total. The average molecular weight is 363 g/mol. The van der Waals surface area contributed by atoms with Crippen LogP contribution >= 0.6 is 0 Å². The van der Waals surface area contributed by atoms with E-state index >= 15 is 0 Å². The maximum absolute atomic E-state index is 12.9. The molecule has 1 aliphatic rings. The second-order valence-corrected chi connectivity index (χ2v) is 6.63. The molecule has 2 heterocycles. The number of aryl methyl sites for hydroxylation is 1. The first-order valence-electron chi connectivity index (χ1n) is 8.90. The number of hydrogen-bond donors (Lipinski definition) is 2. The summed E-state index contributed by atoms with van der Waals surface area (Å²) >= 11 is 0. The van der Waals surface area contributed by atoms with E-state index in [-0.39, 0.29) is 5.91 Å². The largest absolute Gasteiger partial charge is 0.372 e. The van der Waals surface area contributed by atoms with Gasteiger partial charge in [0.1, 0.15) is 11.8 Å². The Balaban J connectivity index is 1.50. The summed E-state index contributed by atoms with van der Waals surface area (Å²) < 4.78 is 10.5. The summed E-state index contributed by atoms with van der Waals surface area (Å²) in [6.45, 7) is 3.68. The number of rotatable bonds is 6. The summed E-state index contributed by atoms with van der Waals surface area (Å²) in [5, 5.41) is 10.0. The molecule has 0 bridgehead atoms. The molecular formula is C21H21N3O3. The fourth-order valence-corrected chi connectivity index (χ4v) is 3.19. The van der Waals surface area contributed by atoms with E-state index in [4.69, 9.17) is 9.26 Å². The van der Waals surface area contributed by atoms with E-state index in [0.717, 1.165) is 11.1 Å². The molecule has 0 fully saturated rings. The standard InChI is InChI=1S/C21H21N3O3/c1-14-9-19(24-27-14)23-21(25)20(16-5-3-2-4-6-16)22-11-15-7-8-17-12-26-13-18(17)10-15/h2-10,20,22H,11-13H2,1H3,(H,23,24,25). The number of ether oxygens (including phenoxy) is 1. The van der Waals surface area contributed by atoms with E-state index in [1.165, 1.54) is 11.1 Å². The van der Waals surface area contributed by atoms with Crippen molar-refractivity contribution in [2.45, 2.75) is 32.7 Å². The maximum Gasteiger partial charge on any atom is 0.247 e. The van der Waals surface area contributed by atoms with Crippen molar-refractivity contribution in [2.75, 3.05) is 5.32 Å². The lowest BCUT2D eigenvalue weighted by molar-refractivity contribution is -0.118. The monoisotopic (exact) mass is 363 g/mol. The quantitative estimate of drug-likeness (QED) is 0.701. The first kappa shape index (κ1) is 17.5. The lowest BCUT2D eigenvalue weighted by atomic mass is 10.0. The summed E-state index contributed by atoms with van der Waals surface area (Å²) in [6, 6.07) is 17.1. The number of carbonyl (C=O) groups excluding carboxylic acids is 1. The average Bonchev–Trinajstić information content (AvgIpc) is 3.31. The van der Waals surface area contributed by atoms with E-state index in [1.54, 1.807) is 13.0 Å². The highest BCUT2D eigenvalue weighted by Crippen LogP contribution is 2.22. The molecule has 0 radical (unpaired) electrons. The van der Waals surface area contributed by atoms with Gasteiger partial charge in [-0.1, -0.05) is 53.7 Å². The molecule has 0 aliphatic carbocycles. The van der Waals surface area contributed by atoms with Crippen LogP contribution in [0.2, 0.25) is 0 Å². The van der Waals surface area contributed by atoms with Crippen LogP contribution in [-0.2, 0) is 29.3 Å². The van der Waals surface area contributed by atoms with Crippen molar-refractivity contribution in [3.63, 3.8) is 0 Å². The predicted octanol–water partition coefficient (Wildman–Crippen LogP) is 3.48. The Labute approximate surface area is 157 Å². The molecule has 6 nitrogen and oxygen atoms in total. The Morgan fingerprint density at radius 1 is 1.11 bits per heavy atom. The number of amides is 1. The lowest BCUT2D eigenvalue weighted by Gasteiger charge is -2.18. The van der Waals surface area contributed by atoms with Gasteiger partial charge in [0.15, 0.2) is 5.82 Å². The van der Waals surface area contributed by atoms with Crippen LogP contribution < -0.4 is 10.6 Å². The fraction of sp³-hybridized carbons (Fsp3) is 0.238. The third kappa shape index (κ3) is 4.07. The van der Waals surface area contributed by atoms with Gasteiger partial charge in [0, 0.05) is 12.6 Å². The van der Waals surface area contributed by atoms with Gasteiger partial charge >= 0.3 is 0 Å². The summed E-state index contributed by atoms with van der Waals surface area (Å²) in [4.78, 5) is 12.9. The minimum absolute atomic E-state index is 0.181. The topological polar surface area (TPSA) is 76.4 Å². The third-order valence-electron chi connectivity index (χ3n) is 4.57. The van der Waals surface area contributed by atoms with Crippen LogP contribution in [-0.4, -0.2) is 11.1 Å². The van der Waals surface area contributed by atoms with Gasteiger partial charge in [0.05, 0.1) is 13.2 Å². The number of fused-ring (bicyclic) bond motifs is 1. The van der Waals surface area contributed by atoms with Crippen molar-refractivity contribution in [2.24, 2.45) is 0 Å². The van der Waals surface area contributed by atoms with Gasteiger partial charge in [-0.05, 0) is 29.2 Å². The second-order valence-electron chi connectivity index (χ2n) is 6.63. The Bertz CT molecular complexity index is 937. The number of nitrogens with one attached hydrogen (secondary N) is 2. The van der Waals surface area contributed by atoms with Crippen LogP contribution in [0.25, 0.3) is 0 Å². The molecule has 138 valence electrons. The first-order valence-corrected chi connectivity index (χ1v) is 8.90.